The van der Waals surface area contributed by atoms with E-state index in [1.807, 2.05) is 13.1 Å². The maximum Gasteiger partial charge on any atom is 0.271 e. The predicted molar refractivity (Wildman–Crippen MR) is 75.2 cm³/mol. The number of hydrogen-bond donors (Lipinski definition) is 1. The molecule has 1 aromatic carbocycles. The molecular formula is C13H12ClN3O3. The quantitative estimate of drug-likeness (QED) is 0.677. The molecule has 0 amide bonds. The lowest BCUT2D eigenvalue weighted by molar-refractivity contribution is -0.384. The van der Waals surface area contributed by atoms with Crippen molar-refractivity contribution in [3.05, 3.63) is 57.4 Å². The number of nitro benzene ring substituents is 1. The molecule has 20 heavy (non-hydrogen) atoms. The third-order valence-electron chi connectivity index (χ3n) is 2.50. The van der Waals surface area contributed by atoms with Gasteiger partial charge < -0.3 is 10.1 Å². The summed E-state index contributed by atoms with van der Waals surface area (Å²) in [5.74, 6) is 0.870. The van der Waals surface area contributed by atoms with Crippen molar-refractivity contribution in [1.82, 2.24) is 10.3 Å². The van der Waals surface area contributed by atoms with E-state index >= 15 is 0 Å². The largest absolute Gasteiger partial charge is 0.454 e. The summed E-state index contributed by atoms with van der Waals surface area (Å²) in [6, 6.07) is 5.88. The van der Waals surface area contributed by atoms with Crippen LogP contribution in [0.3, 0.4) is 0 Å². The molecule has 104 valence electrons. The fourth-order valence-corrected chi connectivity index (χ4v) is 1.85. The fraction of sp³-hybridized carbons (Fsp3) is 0.154. The minimum absolute atomic E-state index is 0.0793. The van der Waals surface area contributed by atoms with Gasteiger partial charge in [-0.15, -0.1) is 0 Å². The van der Waals surface area contributed by atoms with Gasteiger partial charge in [0, 0.05) is 24.9 Å². The van der Waals surface area contributed by atoms with E-state index in [1.165, 1.54) is 18.2 Å². The number of non-ortho nitro benzene ring substituents is 1. The molecule has 1 aromatic heterocycles. The molecule has 0 unspecified atom stereocenters. The summed E-state index contributed by atoms with van der Waals surface area (Å²) in [6.45, 7) is 0.665. The van der Waals surface area contributed by atoms with Gasteiger partial charge in [0.2, 0.25) is 0 Å². The normalized spacial score (nSPS) is 10.3. The molecule has 0 atom stereocenters. The van der Waals surface area contributed by atoms with Crippen molar-refractivity contribution in [1.29, 1.82) is 0 Å². The van der Waals surface area contributed by atoms with Crippen LogP contribution < -0.4 is 10.1 Å². The maximum absolute atomic E-state index is 10.6. The second kappa shape index (κ2) is 6.31. The highest BCUT2D eigenvalue weighted by Crippen LogP contribution is 2.32. The zero-order chi connectivity index (χ0) is 14.5. The van der Waals surface area contributed by atoms with E-state index in [1.54, 1.807) is 12.4 Å². The molecule has 7 heteroatoms. The summed E-state index contributed by atoms with van der Waals surface area (Å²) in [5.41, 5.74) is 0.882. The molecule has 1 heterocycles. The van der Waals surface area contributed by atoms with Gasteiger partial charge in [-0.1, -0.05) is 11.6 Å². The van der Waals surface area contributed by atoms with Crippen molar-refractivity contribution >= 4 is 17.3 Å². The molecule has 0 fully saturated rings. The Hall–Kier alpha value is -2.18. The third-order valence-corrected chi connectivity index (χ3v) is 2.80. The first-order chi connectivity index (χ1) is 9.60. The molecule has 2 rings (SSSR count). The van der Waals surface area contributed by atoms with Crippen LogP contribution in [0, 0.1) is 10.1 Å². The highest BCUT2D eigenvalue weighted by molar-refractivity contribution is 6.32. The Morgan fingerprint density at radius 3 is 2.85 bits per heavy atom. The van der Waals surface area contributed by atoms with Crippen LogP contribution in [0.1, 0.15) is 5.56 Å². The highest BCUT2D eigenvalue weighted by Gasteiger charge is 2.11. The van der Waals surface area contributed by atoms with E-state index in [2.05, 4.69) is 10.3 Å². The van der Waals surface area contributed by atoms with Crippen molar-refractivity contribution in [2.75, 3.05) is 7.05 Å². The van der Waals surface area contributed by atoms with Crippen LogP contribution in [0.25, 0.3) is 0 Å². The van der Waals surface area contributed by atoms with Crippen molar-refractivity contribution in [2.45, 2.75) is 6.54 Å². The smallest absolute Gasteiger partial charge is 0.271 e. The third kappa shape index (κ3) is 3.43. The van der Waals surface area contributed by atoms with Crippen molar-refractivity contribution in [2.24, 2.45) is 0 Å². The Balaban J connectivity index is 2.21. The van der Waals surface area contributed by atoms with Gasteiger partial charge in [-0.3, -0.25) is 15.1 Å². The number of ether oxygens (including phenoxy) is 1. The molecule has 0 saturated heterocycles. The zero-order valence-corrected chi connectivity index (χ0v) is 11.4. The SMILES string of the molecule is CNCc1cncc(Oc2ccc([N+](=O)[O-])cc2Cl)c1. The summed E-state index contributed by atoms with van der Waals surface area (Å²) >= 11 is 5.96. The standard InChI is InChI=1S/C13H12ClN3O3/c1-15-6-9-4-11(8-16-7-9)20-13-3-2-10(17(18)19)5-12(13)14/h2-5,7-8,15H,6H2,1H3. The van der Waals surface area contributed by atoms with Crippen molar-refractivity contribution in [3.8, 4) is 11.5 Å². The van der Waals surface area contributed by atoms with Gasteiger partial charge in [-0.05, 0) is 24.7 Å². The lowest BCUT2D eigenvalue weighted by atomic mass is 10.2. The summed E-state index contributed by atoms with van der Waals surface area (Å²) in [7, 11) is 1.83. The Labute approximate surface area is 120 Å². The molecule has 1 N–H and O–H groups in total. The number of nitrogens with one attached hydrogen (secondary N) is 1. The van der Waals surface area contributed by atoms with E-state index in [0.29, 0.717) is 18.0 Å². The number of rotatable bonds is 5. The molecule has 0 bridgehead atoms. The van der Waals surface area contributed by atoms with Crippen LogP contribution in [-0.4, -0.2) is 17.0 Å². The summed E-state index contributed by atoms with van der Waals surface area (Å²) in [6.07, 6.45) is 3.28. The Bertz CT molecular complexity index is 634. The Morgan fingerprint density at radius 2 is 2.20 bits per heavy atom. The summed E-state index contributed by atoms with van der Waals surface area (Å²) < 4.78 is 5.59. The summed E-state index contributed by atoms with van der Waals surface area (Å²) in [4.78, 5) is 14.2. The van der Waals surface area contributed by atoms with Crippen LogP contribution in [-0.2, 0) is 6.54 Å². The van der Waals surface area contributed by atoms with E-state index in [4.69, 9.17) is 16.3 Å². The molecule has 0 aliphatic heterocycles. The first-order valence-corrected chi connectivity index (χ1v) is 6.18. The van der Waals surface area contributed by atoms with Gasteiger partial charge in [0.05, 0.1) is 16.1 Å². The maximum atomic E-state index is 10.6. The van der Waals surface area contributed by atoms with Crippen LogP contribution in [0.15, 0.2) is 36.7 Å². The van der Waals surface area contributed by atoms with Crippen LogP contribution in [0.4, 0.5) is 5.69 Å². The predicted octanol–water partition coefficient (Wildman–Crippen LogP) is 3.15. The number of pyridine rings is 1. The molecule has 6 nitrogen and oxygen atoms in total. The van der Waals surface area contributed by atoms with Crippen LogP contribution >= 0.6 is 11.6 Å². The topological polar surface area (TPSA) is 77.3 Å². The van der Waals surface area contributed by atoms with Gasteiger partial charge in [-0.25, -0.2) is 0 Å². The average molecular weight is 294 g/mol. The van der Waals surface area contributed by atoms with Crippen LogP contribution in [0.2, 0.25) is 5.02 Å². The van der Waals surface area contributed by atoms with Crippen LogP contribution in [0.5, 0.6) is 11.5 Å². The molecule has 0 spiro atoms. The lowest BCUT2D eigenvalue weighted by Gasteiger charge is -2.08. The van der Waals surface area contributed by atoms with E-state index in [-0.39, 0.29) is 10.7 Å². The summed E-state index contributed by atoms with van der Waals surface area (Å²) in [5, 5.41) is 13.8. The highest BCUT2D eigenvalue weighted by atomic mass is 35.5. The van der Waals surface area contributed by atoms with E-state index in [9.17, 15) is 10.1 Å². The number of benzene rings is 1. The average Bonchev–Trinajstić information content (AvgIpc) is 2.42. The van der Waals surface area contributed by atoms with Gasteiger partial charge in [0.15, 0.2) is 0 Å². The second-order valence-corrected chi connectivity index (χ2v) is 4.44. The number of nitro groups is 1. The number of aromatic nitrogens is 1. The molecule has 0 radical (unpaired) electrons. The first-order valence-electron chi connectivity index (χ1n) is 5.80. The van der Waals surface area contributed by atoms with E-state index < -0.39 is 4.92 Å². The minimum Gasteiger partial charge on any atom is -0.454 e. The molecule has 0 saturated carbocycles. The minimum atomic E-state index is -0.509. The number of halogens is 1. The Morgan fingerprint density at radius 1 is 1.40 bits per heavy atom. The second-order valence-electron chi connectivity index (χ2n) is 4.03. The van der Waals surface area contributed by atoms with Crippen molar-refractivity contribution < 1.29 is 9.66 Å². The fourth-order valence-electron chi connectivity index (χ4n) is 1.63. The van der Waals surface area contributed by atoms with Gasteiger partial charge >= 0.3 is 0 Å². The van der Waals surface area contributed by atoms with Crippen molar-refractivity contribution in [3.63, 3.8) is 0 Å². The van der Waals surface area contributed by atoms with Gasteiger partial charge in [0.1, 0.15) is 11.5 Å². The van der Waals surface area contributed by atoms with Gasteiger partial charge in [-0.2, -0.15) is 0 Å². The molecule has 0 aliphatic rings. The number of nitrogens with zero attached hydrogens (tertiary/aromatic N) is 2. The molecular weight excluding hydrogens is 282 g/mol. The van der Waals surface area contributed by atoms with Gasteiger partial charge in [0.25, 0.3) is 5.69 Å². The lowest BCUT2D eigenvalue weighted by Crippen LogP contribution is -2.05. The first kappa shape index (κ1) is 14.2. The monoisotopic (exact) mass is 293 g/mol. The Kier molecular flexibility index (Phi) is 4.49. The number of hydrogen-bond acceptors (Lipinski definition) is 5. The zero-order valence-electron chi connectivity index (χ0n) is 10.7. The molecule has 0 aliphatic carbocycles. The van der Waals surface area contributed by atoms with E-state index in [0.717, 1.165) is 5.56 Å². The molecule has 2 aromatic rings.